The summed E-state index contributed by atoms with van der Waals surface area (Å²) < 4.78 is 5.74. The van der Waals surface area contributed by atoms with Crippen LogP contribution in [0.3, 0.4) is 0 Å². The first-order valence-electron chi connectivity index (χ1n) is 8.20. The van der Waals surface area contributed by atoms with Crippen molar-refractivity contribution in [1.82, 2.24) is 10.3 Å². The first kappa shape index (κ1) is 15.3. The largest absolute Gasteiger partial charge is 0.478 e. The molecular formula is C17H28N2O. The third-order valence-corrected chi connectivity index (χ3v) is 3.68. The number of nitrogens with zero attached hydrogens (tertiary/aromatic N) is 1. The van der Waals surface area contributed by atoms with Crippen LogP contribution in [0.15, 0.2) is 18.2 Å². The number of unbranched alkanes of at least 4 members (excludes halogenated alkanes) is 5. The minimum absolute atomic E-state index is 0.726. The van der Waals surface area contributed by atoms with Gasteiger partial charge in [0.2, 0.25) is 5.88 Å². The molecule has 0 aliphatic heterocycles. The summed E-state index contributed by atoms with van der Waals surface area (Å²) in [4.78, 5) is 4.53. The van der Waals surface area contributed by atoms with Gasteiger partial charge in [-0.15, -0.1) is 0 Å². The number of hydrogen-bond acceptors (Lipinski definition) is 3. The quantitative estimate of drug-likeness (QED) is 0.619. The van der Waals surface area contributed by atoms with Crippen LogP contribution < -0.4 is 10.1 Å². The van der Waals surface area contributed by atoms with Crippen molar-refractivity contribution in [3.8, 4) is 5.88 Å². The van der Waals surface area contributed by atoms with Gasteiger partial charge in [-0.3, -0.25) is 0 Å². The smallest absolute Gasteiger partial charge is 0.213 e. The molecule has 0 amide bonds. The van der Waals surface area contributed by atoms with E-state index in [0.29, 0.717) is 0 Å². The van der Waals surface area contributed by atoms with E-state index in [1.807, 2.05) is 12.1 Å². The van der Waals surface area contributed by atoms with Crippen molar-refractivity contribution >= 4 is 0 Å². The van der Waals surface area contributed by atoms with E-state index in [4.69, 9.17) is 4.74 Å². The van der Waals surface area contributed by atoms with Gasteiger partial charge < -0.3 is 10.1 Å². The van der Waals surface area contributed by atoms with E-state index < -0.39 is 0 Å². The molecule has 1 aromatic rings. The lowest BCUT2D eigenvalue weighted by Gasteiger charge is -2.07. The van der Waals surface area contributed by atoms with Gasteiger partial charge in [0, 0.05) is 18.7 Å². The van der Waals surface area contributed by atoms with Crippen LogP contribution in [0.25, 0.3) is 0 Å². The molecule has 1 aliphatic carbocycles. The van der Waals surface area contributed by atoms with Crippen LogP contribution in [0.5, 0.6) is 5.88 Å². The Morgan fingerprint density at radius 2 is 1.95 bits per heavy atom. The average molecular weight is 276 g/mol. The summed E-state index contributed by atoms with van der Waals surface area (Å²) in [7, 11) is 0. The fourth-order valence-electron chi connectivity index (χ4n) is 2.23. The van der Waals surface area contributed by atoms with Crippen molar-refractivity contribution < 1.29 is 4.74 Å². The normalized spacial score (nSPS) is 14.4. The molecule has 112 valence electrons. The molecule has 0 aromatic carbocycles. The lowest BCUT2D eigenvalue weighted by molar-refractivity contribution is 0.292. The minimum atomic E-state index is 0.726. The second kappa shape index (κ2) is 8.96. The molecule has 0 bridgehead atoms. The molecule has 0 radical (unpaired) electrons. The third-order valence-electron chi connectivity index (χ3n) is 3.68. The van der Waals surface area contributed by atoms with Crippen LogP contribution in [-0.4, -0.2) is 17.6 Å². The predicted molar refractivity (Wildman–Crippen MR) is 83.0 cm³/mol. The van der Waals surface area contributed by atoms with Gasteiger partial charge >= 0.3 is 0 Å². The first-order chi connectivity index (χ1) is 9.88. The van der Waals surface area contributed by atoms with E-state index in [1.165, 1.54) is 44.9 Å². The highest BCUT2D eigenvalue weighted by atomic mass is 16.5. The number of hydrogen-bond donors (Lipinski definition) is 1. The van der Waals surface area contributed by atoms with Crippen molar-refractivity contribution in [2.75, 3.05) is 6.61 Å². The van der Waals surface area contributed by atoms with E-state index in [9.17, 15) is 0 Å². The van der Waals surface area contributed by atoms with Crippen molar-refractivity contribution in [2.45, 2.75) is 70.9 Å². The highest BCUT2D eigenvalue weighted by Gasteiger charge is 2.20. The molecule has 0 atom stereocenters. The van der Waals surface area contributed by atoms with Crippen LogP contribution in [-0.2, 0) is 6.54 Å². The van der Waals surface area contributed by atoms with Gasteiger partial charge in [0.05, 0.1) is 12.3 Å². The molecule has 1 saturated carbocycles. The molecule has 1 fully saturated rings. The lowest BCUT2D eigenvalue weighted by Crippen LogP contribution is -2.16. The Labute approximate surface area is 123 Å². The number of ether oxygens (including phenoxy) is 1. The summed E-state index contributed by atoms with van der Waals surface area (Å²) in [5, 5.41) is 3.48. The summed E-state index contributed by atoms with van der Waals surface area (Å²) in [5.41, 5.74) is 1.08. The van der Waals surface area contributed by atoms with Crippen LogP contribution in [0, 0.1) is 0 Å². The van der Waals surface area contributed by atoms with Crippen LogP contribution in [0.4, 0.5) is 0 Å². The summed E-state index contributed by atoms with van der Waals surface area (Å²) in [6.07, 6.45) is 10.4. The summed E-state index contributed by atoms with van der Waals surface area (Å²) >= 11 is 0. The van der Waals surface area contributed by atoms with Crippen LogP contribution in [0.2, 0.25) is 0 Å². The van der Waals surface area contributed by atoms with Gasteiger partial charge in [-0.1, -0.05) is 45.1 Å². The first-order valence-corrected chi connectivity index (χ1v) is 8.20. The molecule has 0 spiro atoms. The predicted octanol–water partition coefficient (Wildman–Crippen LogP) is 4.07. The van der Waals surface area contributed by atoms with Crippen molar-refractivity contribution in [3.63, 3.8) is 0 Å². The van der Waals surface area contributed by atoms with Gasteiger partial charge in [-0.05, 0) is 25.3 Å². The maximum Gasteiger partial charge on any atom is 0.213 e. The molecule has 3 nitrogen and oxygen atoms in total. The Bertz CT molecular complexity index is 377. The lowest BCUT2D eigenvalue weighted by atomic mass is 10.1. The molecule has 0 saturated heterocycles. The van der Waals surface area contributed by atoms with E-state index in [2.05, 4.69) is 23.3 Å². The van der Waals surface area contributed by atoms with E-state index in [0.717, 1.165) is 37.2 Å². The molecule has 1 N–H and O–H groups in total. The second-order valence-electron chi connectivity index (χ2n) is 5.74. The Morgan fingerprint density at radius 1 is 1.15 bits per heavy atom. The van der Waals surface area contributed by atoms with Gasteiger partial charge in [0.25, 0.3) is 0 Å². The topological polar surface area (TPSA) is 34.1 Å². The molecule has 20 heavy (non-hydrogen) atoms. The maximum atomic E-state index is 5.74. The Kier molecular flexibility index (Phi) is 6.85. The fourth-order valence-corrected chi connectivity index (χ4v) is 2.23. The van der Waals surface area contributed by atoms with E-state index in [1.54, 1.807) is 0 Å². The van der Waals surface area contributed by atoms with Gasteiger partial charge in [0.15, 0.2) is 0 Å². The fraction of sp³-hybridized carbons (Fsp3) is 0.706. The molecular weight excluding hydrogens is 248 g/mol. The second-order valence-corrected chi connectivity index (χ2v) is 5.74. The monoisotopic (exact) mass is 276 g/mol. The SMILES string of the molecule is CCCCCCCCOc1cccc(CNC2CC2)n1. The summed E-state index contributed by atoms with van der Waals surface area (Å²) in [6, 6.07) is 6.78. The maximum absolute atomic E-state index is 5.74. The van der Waals surface area contributed by atoms with E-state index in [-0.39, 0.29) is 0 Å². The van der Waals surface area contributed by atoms with Crippen LogP contribution in [0.1, 0.15) is 64.0 Å². The van der Waals surface area contributed by atoms with Crippen LogP contribution >= 0.6 is 0 Å². The van der Waals surface area contributed by atoms with E-state index >= 15 is 0 Å². The molecule has 3 heteroatoms. The standard InChI is InChI=1S/C17H28N2O/c1-2-3-4-5-6-7-13-20-17-10-8-9-16(19-17)14-18-15-11-12-15/h8-10,15,18H,2-7,11-14H2,1H3. The van der Waals surface area contributed by atoms with Gasteiger partial charge in [-0.2, -0.15) is 0 Å². The van der Waals surface area contributed by atoms with Crippen molar-refractivity contribution in [3.05, 3.63) is 23.9 Å². The number of nitrogens with one attached hydrogen (secondary N) is 1. The zero-order valence-electron chi connectivity index (χ0n) is 12.7. The summed E-state index contributed by atoms with van der Waals surface area (Å²) in [6.45, 7) is 3.90. The number of aromatic nitrogens is 1. The molecule has 1 heterocycles. The zero-order chi connectivity index (χ0) is 14.0. The zero-order valence-corrected chi connectivity index (χ0v) is 12.7. The third kappa shape index (κ3) is 6.38. The summed E-state index contributed by atoms with van der Waals surface area (Å²) in [5.74, 6) is 0.772. The van der Waals surface area contributed by atoms with Gasteiger partial charge in [0.1, 0.15) is 0 Å². The molecule has 2 rings (SSSR count). The molecule has 1 aromatic heterocycles. The number of rotatable bonds is 11. The molecule has 1 aliphatic rings. The highest BCUT2D eigenvalue weighted by molar-refractivity contribution is 5.15. The Hall–Kier alpha value is -1.09. The molecule has 0 unspecified atom stereocenters. The van der Waals surface area contributed by atoms with Crippen molar-refractivity contribution in [1.29, 1.82) is 0 Å². The van der Waals surface area contributed by atoms with Gasteiger partial charge in [-0.25, -0.2) is 4.98 Å². The average Bonchev–Trinajstić information content (AvgIpc) is 3.29. The Morgan fingerprint density at radius 3 is 2.75 bits per heavy atom. The highest BCUT2D eigenvalue weighted by Crippen LogP contribution is 2.19. The number of pyridine rings is 1. The Balaban J connectivity index is 1.58. The minimum Gasteiger partial charge on any atom is -0.478 e. The van der Waals surface area contributed by atoms with Crippen molar-refractivity contribution in [2.24, 2.45) is 0 Å².